The van der Waals surface area contributed by atoms with Crippen molar-refractivity contribution in [1.82, 2.24) is 0 Å². The highest BCUT2D eigenvalue weighted by molar-refractivity contribution is 7.80. The molecule has 0 bridgehead atoms. The first-order valence-electron chi connectivity index (χ1n) is 5.09. The zero-order chi connectivity index (χ0) is 12.4. The van der Waals surface area contributed by atoms with E-state index < -0.39 is 6.09 Å². The van der Waals surface area contributed by atoms with Crippen LogP contribution in [0.25, 0.3) is 0 Å². The van der Waals surface area contributed by atoms with Gasteiger partial charge in [-0.05, 0) is 23.8 Å². The number of carbonyl (C=O) groups excluding carboxylic acids is 1. The molecule has 4 nitrogen and oxygen atoms in total. The number of nitrogens with one attached hydrogen (secondary N) is 1. The van der Waals surface area contributed by atoms with E-state index >= 15 is 0 Å². The largest absolute Gasteiger partial charge is 0.446 e. The molecule has 17 heavy (non-hydrogen) atoms. The third kappa shape index (κ3) is 3.08. The number of fused-ring (bicyclic) bond motifs is 1. The molecule has 2 rings (SSSR count). The third-order valence-electron chi connectivity index (χ3n) is 2.48. The Balaban J connectivity index is 2.28. The fraction of sp³-hybridized carbons (Fsp3) is 0.273. The standard InChI is InChI=1S/C11H11ClN2O2S/c12-7-1-2-9-6(3-7)4-8(16-11(13)15)5-10(17)14-9/h1-3,8H,4-5H2,(H2,13,15)(H,14,17). The minimum atomic E-state index is -0.789. The van der Waals surface area contributed by atoms with Gasteiger partial charge in [0.15, 0.2) is 0 Å². The van der Waals surface area contributed by atoms with Crippen LogP contribution in [0.2, 0.25) is 5.02 Å². The van der Waals surface area contributed by atoms with E-state index in [1.807, 2.05) is 12.1 Å². The smallest absolute Gasteiger partial charge is 0.404 e. The Bertz CT molecular complexity index is 479. The highest BCUT2D eigenvalue weighted by atomic mass is 35.5. The lowest BCUT2D eigenvalue weighted by Crippen LogP contribution is -2.26. The van der Waals surface area contributed by atoms with E-state index in [-0.39, 0.29) is 6.10 Å². The summed E-state index contributed by atoms with van der Waals surface area (Å²) in [5.41, 5.74) is 6.88. The molecular weight excluding hydrogens is 260 g/mol. The molecular formula is C11H11ClN2O2S. The van der Waals surface area contributed by atoms with Gasteiger partial charge in [0.2, 0.25) is 0 Å². The molecule has 1 aromatic carbocycles. The summed E-state index contributed by atoms with van der Waals surface area (Å²) < 4.78 is 5.01. The van der Waals surface area contributed by atoms with Crippen molar-refractivity contribution in [3.63, 3.8) is 0 Å². The summed E-state index contributed by atoms with van der Waals surface area (Å²) >= 11 is 11.1. The van der Waals surface area contributed by atoms with E-state index in [1.54, 1.807) is 6.07 Å². The number of rotatable bonds is 1. The lowest BCUT2D eigenvalue weighted by Gasteiger charge is -2.13. The molecule has 1 heterocycles. The van der Waals surface area contributed by atoms with E-state index in [9.17, 15) is 4.79 Å². The van der Waals surface area contributed by atoms with Crippen LogP contribution in [0.1, 0.15) is 12.0 Å². The molecule has 0 fully saturated rings. The fourth-order valence-electron chi connectivity index (χ4n) is 1.83. The summed E-state index contributed by atoms with van der Waals surface area (Å²) in [6.07, 6.45) is -0.119. The van der Waals surface area contributed by atoms with Gasteiger partial charge in [-0.3, -0.25) is 0 Å². The van der Waals surface area contributed by atoms with Crippen LogP contribution in [-0.4, -0.2) is 17.2 Å². The molecule has 0 spiro atoms. The Morgan fingerprint density at radius 2 is 2.29 bits per heavy atom. The van der Waals surface area contributed by atoms with E-state index in [1.165, 1.54) is 0 Å². The molecule has 6 heteroatoms. The predicted molar refractivity (Wildman–Crippen MR) is 70.5 cm³/mol. The van der Waals surface area contributed by atoms with Crippen molar-refractivity contribution in [3.8, 4) is 0 Å². The topological polar surface area (TPSA) is 64.4 Å². The Hall–Kier alpha value is -1.33. The van der Waals surface area contributed by atoms with E-state index in [2.05, 4.69) is 5.32 Å². The molecule has 0 saturated carbocycles. The number of benzene rings is 1. The average molecular weight is 271 g/mol. The molecule has 3 N–H and O–H groups in total. The number of ether oxygens (including phenoxy) is 1. The minimum absolute atomic E-state index is 0.341. The van der Waals surface area contributed by atoms with Crippen LogP contribution < -0.4 is 11.1 Å². The summed E-state index contributed by atoms with van der Waals surface area (Å²) in [6.45, 7) is 0. The van der Waals surface area contributed by atoms with Gasteiger partial charge in [0.1, 0.15) is 6.10 Å². The molecule has 90 valence electrons. The molecule has 1 atom stereocenters. The van der Waals surface area contributed by atoms with E-state index in [0.29, 0.717) is 22.9 Å². The van der Waals surface area contributed by atoms with Crippen LogP contribution in [-0.2, 0) is 11.2 Å². The number of nitrogens with two attached hydrogens (primary N) is 1. The lowest BCUT2D eigenvalue weighted by molar-refractivity contribution is 0.111. The first kappa shape index (κ1) is 12.1. The third-order valence-corrected chi connectivity index (χ3v) is 2.99. The van der Waals surface area contributed by atoms with Crippen molar-refractivity contribution in [3.05, 3.63) is 28.8 Å². The van der Waals surface area contributed by atoms with Gasteiger partial charge in [-0.2, -0.15) is 0 Å². The first-order chi connectivity index (χ1) is 8.04. The SMILES string of the molecule is NC(=O)OC1CC(=S)Nc2ccc(Cl)cc2C1. The van der Waals surface area contributed by atoms with Crippen molar-refractivity contribution in [1.29, 1.82) is 0 Å². The number of thiocarbonyl (C=S) groups is 1. The number of primary amides is 1. The van der Waals surface area contributed by atoms with Crippen LogP contribution in [0, 0.1) is 0 Å². The summed E-state index contributed by atoms with van der Waals surface area (Å²) in [6, 6.07) is 5.47. The normalized spacial score (nSPS) is 18.9. The zero-order valence-electron chi connectivity index (χ0n) is 8.90. The Kier molecular flexibility index (Phi) is 3.49. The molecule has 0 saturated heterocycles. The second-order valence-corrected chi connectivity index (χ2v) is 4.75. The van der Waals surface area contributed by atoms with Crippen LogP contribution in [0.5, 0.6) is 0 Å². The molecule has 0 radical (unpaired) electrons. The zero-order valence-corrected chi connectivity index (χ0v) is 10.5. The highest BCUT2D eigenvalue weighted by Crippen LogP contribution is 2.26. The number of amides is 1. The minimum Gasteiger partial charge on any atom is -0.446 e. The molecule has 1 unspecified atom stereocenters. The van der Waals surface area contributed by atoms with Gasteiger partial charge in [-0.25, -0.2) is 4.79 Å². The first-order valence-corrected chi connectivity index (χ1v) is 5.87. The summed E-state index contributed by atoms with van der Waals surface area (Å²) in [5, 5.41) is 3.73. The molecule has 1 aliphatic heterocycles. The van der Waals surface area contributed by atoms with Gasteiger partial charge >= 0.3 is 6.09 Å². The number of anilines is 1. The van der Waals surface area contributed by atoms with Crippen LogP contribution in [0.4, 0.5) is 10.5 Å². The monoisotopic (exact) mass is 270 g/mol. The molecule has 0 aliphatic carbocycles. The van der Waals surface area contributed by atoms with Gasteiger partial charge in [0.25, 0.3) is 0 Å². The maximum atomic E-state index is 10.8. The Morgan fingerprint density at radius 3 is 3.00 bits per heavy atom. The number of hydrogen-bond acceptors (Lipinski definition) is 3. The maximum Gasteiger partial charge on any atom is 0.404 e. The van der Waals surface area contributed by atoms with E-state index in [0.717, 1.165) is 11.3 Å². The van der Waals surface area contributed by atoms with Crippen molar-refractivity contribution in [2.75, 3.05) is 5.32 Å². The van der Waals surface area contributed by atoms with Gasteiger partial charge in [-0.15, -0.1) is 0 Å². The van der Waals surface area contributed by atoms with E-state index in [4.69, 9.17) is 34.3 Å². The number of carbonyl (C=O) groups is 1. The molecule has 1 amide bonds. The Labute approximate surface area is 109 Å². The summed E-state index contributed by atoms with van der Waals surface area (Å²) in [4.78, 5) is 11.4. The van der Waals surface area contributed by atoms with Gasteiger partial charge in [0, 0.05) is 23.6 Å². The summed E-state index contributed by atoms with van der Waals surface area (Å²) in [7, 11) is 0. The molecule has 1 aliphatic rings. The highest BCUT2D eigenvalue weighted by Gasteiger charge is 2.21. The second-order valence-electron chi connectivity index (χ2n) is 3.82. The van der Waals surface area contributed by atoms with Gasteiger partial charge < -0.3 is 15.8 Å². The van der Waals surface area contributed by atoms with Crippen LogP contribution in [0.15, 0.2) is 18.2 Å². The van der Waals surface area contributed by atoms with Crippen LogP contribution >= 0.6 is 23.8 Å². The number of hydrogen-bond donors (Lipinski definition) is 2. The molecule has 1 aromatic rings. The number of halogens is 1. The second kappa shape index (κ2) is 4.89. The van der Waals surface area contributed by atoms with Crippen molar-refractivity contribution < 1.29 is 9.53 Å². The molecule has 0 aromatic heterocycles. The maximum absolute atomic E-state index is 10.8. The van der Waals surface area contributed by atoms with Crippen molar-refractivity contribution in [2.24, 2.45) is 5.73 Å². The summed E-state index contributed by atoms with van der Waals surface area (Å²) in [5.74, 6) is 0. The Morgan fingerprint density at radius 1 is 1.53 bits per heavy atom. The predicted octanol–water partition coefficient (Wildman–Crippen LogP) is 2.49. The lowest BCUT2D eigenvalue weighted by atomic mass is 10.1. The average Bonchev–Trinajstić information content (AvgIpc) is 2.34. The van der Waals surface area contributed by atoms with Crippen molar-refractivity contribution in [2.45, 2.75) is 18.9 Å². The van der Waals surface area contributed by atoms with Gasteiger partial charge in [0.05, 0.1) is 4.99 Å². The quantitative estimate of drug-likeness (QED) is 0.770. The fourth-order valence-corrected chi connectivity index (χ4v) is 2.32. The van der Waals surface area contributed by atoms with Gasteiger partial charge in [-0.1, -0.05) is 23.8 Å². The van der Waals surface area contributed by atoms with Crippen LogP contribution in [0.3, 0.4) is 0 Å². The van der Waals surface area contributed by atoms with Crippen molar-refractivity contribution >= 4 is 40.6 Å².